The average molecular weight is 381 g/mol. The lowest BCUT2D eigenvalue weighted by atomic mass is 9.88. The second-order valence-corrected chi connectivity index (χ2v) is 7.11. The zero-order chi connectivity index (χ0) is 20.1. The summed E-state index contributed by atoms with van der Waals surface area (Å²) in [4.78, 5) is 26.9. The van der Waals surface area contributed by atoms with Gasteiger partial charge in [0.15, 0.2) is 11.5 Å². The first-order valence-electron chi connectivity index (χ1n) is 9.74. The van der Waals surface area contributed by atoms with Gasteiger partial charge in [-0.1, -0.05) is 31.5 Å². The first kappa shape index (κ1) is 19.9. The minimum atomic E-state index is -0.169. The number of hydrogen-bond acceptors (Lipinski definition) is 4. The van der Waals surface area contributed by atoms with Crippen molar-refractivity contribution in [2.24, 2.45) is 0 Å². The number of piperidine rings is 1. The summed E-state index contributed by atoms with van der Waals surface area (Å²) in [5.74, 6) is 0.740. The van der Waals surface area contributed by atoms with Crippen LogP contribution in [-0.4, -0.2) is 26.0 Å². The molecule has 2 aromatic carbocycles. The Hall–Kier alpha value is -2.82. The highest BCUT2D eigenvalue weighted by atomic mass is 16.5. The van der Waals surface area contributed by atoms with E-state index in [-0.39, 0.29) is 17.7 Å². The maximum absolute atomic E-state index is 12.8. The molecule has 0 saturated carbocycles. The van der Waals surface area contributed by atoms with Gasteiger partial charge in [0.05, 0.1) is 19.9 Å². The smallest absolute Gasteiger partial charge is 0.234 e. The zero-order valence-electron chi connectivity index (χ0n) is 16.7. The van der Waals surface area contributed by atoms with Crippen molar-refractivity contribution in [3.63, 3.8) is 0 Å². The van der Waals surface area contributed by atoms with Gasteiger partial charge >= 0.3 is 0 Å². The Labute approximate surface area is 166 Å². The van der Waals surface area contributed by atoms with E-state index in [1.165, 1.54) is 10.5 Å². The molecule has 0 unspecified atom stereocenters. The van der Waals surface area contributed by atoms with E-state index in [9.17, 15) is 9.59 Å². The second-order valence-electron chi connectivity index (χ2n) is 7.11. The van der Waals surface area contributed by atoms with Crippen molar-refractivity contribution in [2.75, 3.05) is 19.1 Å². The van der Waals surface area contributed by atoms with E-state index in [1.54, 1.807) is 14.2 Å². The first-order chi connectivity index (χ1) is 13.6. The van der Waals surface area contributed by atoms with Crippen LogP contribution >= 0.6 is 0 Å². The fourth-order valence-electron chi connectivity index (χ4n) is 3.64. The highest BCUT2D eigenvalue weighted by Crippen LogP contribution is 2.36. The van der Waals surface area contributed by atoms with Gasteiger partial charge in [-0.2, -0.15) is 0 Å². The minimum absolute atomic E-state index is 0.153. The van der Waals surface area contributed by atoms with E-state index < -0.39 is 0 Å². The van der Waals surface area contributed by atoms with Crippen LogP contribution in [0.3, 0.4) is 0 Å². The maximum Gasteiger partial charge on any atom is 0.234 e. The van der Waals surface area contributed by atoms with Crippen molar-refractivity contribution < 1.29 is 19.1 Å². The summed E-state index contributed by atoms with van der Waals surface area (Å²) in [6.45, 7) is 2.16. The summed E-state index contributed by atoms with van der Waals surface area (Å²) < 4.78 is 10.6. The molecule has 0 N–H and O–H groups in total. The molecular formula is C23H27NO4. The number of nitrogens with zero attached hydrogens (tertiary/aromatic N) is 1. The third kappa shape index (κ3) is 4.19. The summed E-state index contributed by atoms with van der Waals surface area (Å²) in [6.07, 6.45) is 3.87. The molecule has 1 saturated heterocycles. The maximum atomic E-state index is 12.8. The van der Waals surface area contributed by atoms with Gasteiger partial charge in [0.25, 0.3) is 0 Å². The van der Waals surface area contributed by atoms with Crippen LogP contribution < -0.4 is 14.4 Å². The van der Waals surface area contributed by atoms with Crippen molar-refractivity contribution in [1.82, 2.24) is 0 Å². The molecule has 3 rings (SSSR count). The van der Waals surface area contributed by atoms with Gasteiger partial charge in [0.2, 0.25) is 11.8 Å². The SMILES string of the molecule is CCCCc1ccc(N2C(=O)CC(c3ccc(OC)c(OC)c3)CC2=O)cc1. The lowest BCUT2D eigenvalue weighted by Crippen LogP contribution is -2.42. The normalized spacial score (nSPS) is 15.0. The third-order valence-corrected chi connectivity index (χ3v) is 5.23. The van der Waals surface area contributed by atoms with Crippen molar-refractivity contribution in [3.8, 4) is 11.5 Å². The Morgan fingerprint density at radius 2 is 1.57 bits per heavy atom. The van der Waals surface area contributed by atoms with Crippen LogP contribution in [0.5, 0.6) is 11.5 Å². The largest absolute Gasteiger partial charge is 0.493 e. The molecule has 0 spiro atoms. The number of hydrogen-bond donors (Lipinski definition) is 0. The standard InChI is InChI=1S/C23H27NO4/c1-4-5-6-16-7-10-19(11-8-16)24-22(25)14-18(15-23(24)26)17-9-12-20(27-2)21(13-17)28-3/h7-13,18H,4-6,14-15H2,1-3H3. The molecule has 0 aliphatic carbocycles. The highest BCUT2D eigenvalue weighted by molar-refractivity contribution is 6.17. The number of carbonyl (C=O) groups excluding carboxylic acids is 2. The molecule has 5 nitrogen and oxygen atoms in total. The third-order valence-electron chi connectivity index (χ3n) is 5.23. The molecular weight excluding hydrogens is 354 g/mol. The van der Waals surface area contributed by atoms with Crippen molar-refractivity contribution in [1.29, 1.82) is 0 Å². The lowest BCUT2D eigenvalue weighted by Gasteiger charge is -2.30. The van der Waals surface area contributed by atoms with E-state index in [0.29, 0.717) is 30.0 Å². The molecule has 1 aliphatic rings. The van der Waals surface area contributed by atoms with E-state index in [0.717, 1.165) is 24.8 Å². The van der Waals surface area contributed by atoms with Crippen molar-refractivity contribution in [2.45, 2.75) is 44.9 Å². The van der Waals surface area contributed by atoms with E-state index >= 15 is 0 Å². The van der Waals surface area contributed by atoms with Gasteiger partial charge in [-0.3, -0.25) is 14.5 Å². The Balaban J connectivity index is 1.75. The molecule has 1 fully saturated rings. The van der Waals surface area contributed by atoms with Crippen molar-refractivity contribution in [3.05, 3.63) is 53.6 Å². The van der Waals surface area contributed by atoms with Gasteiger partial charge in [0, 0.05) is 18.8 Å². The van der Waals surface area contributed by atoms with Crippen LogP contribution in [-0.2, 0) is 16.0 Å². The Kier molecular flexibility index (Phi) is 6.34. The van der Waals surface area contributed by atoms with Crippen molar-refractivity contribution >= 4 is 17.5 Å². The Bertz CT molecular complexity index is 826. The van der Waals surface area contributed by atoms with Crippen LogP contribution in [0.4, 0.5) is 5.69 Å². The number of benzene rings is 2. The molecule has 0 radical (unpaired) electrons. The molecule has 148 valence electrons. The molecule has 5 heteroatoms. The first-order valence-corrected chi connectivity index (χ1v) is 9.74. The molecule has 28 heavy (non-hydrogen) atoms. The summed E-state index contributed by atoms with van der Waals surface area (Å²) >= 11 is 0. The molecule has 1 heterocycles. The average Bonchev–Trinajstić information content (AvgIpc) is 2.72. The second kappa shape index (κ2) is 8.91. The lowest BCUT2D eigenvalue weighted by molar-refractivity contribution is -0.129. The number of anilines is 1. The number of aryl methyl sites for hydroxylation is 1. The molecule has 1 aliphatic heterocycles. The molecule has 2 aromatic rings. The van der Waals surface area contributed by atoms with E-state index in [2.05, 4.69) is 6.92 Å². The predicted molar refractivity (Wildman–Crippen MR) is 109 cm³/mol. The topological polar surface area (TPSA) is 55.8 Å². The molecule has 0 atom stereocenters. The minimum Gasteiger partial charge on any atom is -0.493 e. The summed E-state index contributed by atoms with van der Waals surface area (Å²) in [6, 6.07) is 13.3. The van der Waals surface area contributed by atoms with Gasteiger partial charge < -0.3 is 9.47 Å². The number of methoxy groups -OCH3 is 2. The fourth-order valence-corrected chi connectivity index (χ4v) is 3.64. The number of ether oxygens (including phenoxy) is 2. The van der Waals surface area contributed by atoms with Gasteiger partial charge in [-0.15, -0.1) is 0 Å². The summed E-state index contributed by atoms with van der Waals surface area (Å²) in [7, 11) is 3.15. The molecule has 0 aromatic heterocycles. The van der Waals surface area contributed by atoms with Crippen LogP contribution in [0.15, 0.2) is 42.5 Å². The molecule has 0 bridgehead atoms. The van der Waals surface area contributed by atoms with Crippen LogP contribution in [0, 0.1) is 0 Å². The number of unbranched alkanes of at least 4 members (excludes halogenated alkanes) is 1. The van der Waals surface area contributed by atoms with Crippen LogP contribution in [0.1, 0.15) is 49.7 Å². The monoisotopic (exact) mass is 381 g/mol. The zero-order valence-corrected chi connectivity index (χ0v) is 16.7. The van der Waals surface area contributed by atoms with Crippen LogP contribution in [0.25, 0.3) is 0 Å². The van der Waals surface area contributed by atoms with Crippen LogP contribution in [0.2, 0.25) is 0 Å². The predicted octanol–water partition coefficient (Wildman–Crippen LogP) is 4.48. The number of amides is 2. The fraction of sp³-hybridized carbons (Fsp3) is 0.391. The van der Waals surface area contributed by atoms with E-state index in [4.69, 9.17) is 9.47 Å². The summed E-state index contributed by atoms with van der Waals surface area (Å²) in [5.41, 5.74) is 2.79. The van der Waals surface area contributed by atoms with E-state index in [1.807, 2.05) is 42.5 Å². The van der Waals surface area contributed by atoms with Gasteiger partial charge in [-0.25, -0.2) is 0 Å². The number of rotatable bonds is 7. The number of carbonyl (C=O) groups is 2. The van der Waals surface area contributed by atoms with Gasteiger partial charge in [-0.05, 0) is 48.2 Å². The van der Waals surface area contributed by atoms with Gasteiger partial charge in [0.1, 0.15) is 0 Å². The number of imide groups is 1. The Morgan fingerprint density at radius 3 is 2.14 bits per heavy atom. The quantitative estimate of drug-likeness (QED) is 0.664. The Morgan fingerprint density at radius 1 is 0.929 bits per heavy atom. The highest BCUT2D eigenvalue weighted by Gasteiger charge is 2.34. The molecule has 2 amide bonds. The summed E-state index contributed by atoms with van der Waals surface area (Å²) in [5, 5.41) is 0.